The van der Waals surface area contributed by atoms with Gasteiger partial charge >= 0.3 is 0 Å². The minimum atomic E-state index is -3.69. The van der Waals surface area contributed by atoms with Crippen LogP contribution in [0.2, 0.25) is 0 Å². The first-order chi connectivity index (χ1) is 9.87. The van der Waals surface area contributed by atoms with Gasteiger partial charge in [0.1, 0.15) is 5.01 Å². The number of nitrogens with zero attached hydrogens (tertiary/aromatic N) is 2. The van der Waals surface area contributed by atoms with Gasteiger partial charge in [0.25, 0.3) is 10.0 Å². The van der Waals surface area contributed by atoms with Gasteiger partial charge < -0.3 is 5.73 Å². The molecule has 0 aliphatic rings. The van der Waals surface area contributed by atoms with E-state index in [-0.39, 0.29) is 10.0 Å². The molecule has 114 valence electrons. The number of benzene rings is 1. The minimum Gasteiger partial charge on any atom is -0.326 e. The molecule has 0 fully saturated rings. The third-order valence-corrected chi connectivity index (χ3v) is 5.73. The molecule has 2 aromatic rings. The van der Waals surface area contributed by atoms with Gasteiger partial charge in [-0.3, -0.25) is 4.72 Å². The van der Waals surface area contributed by atoms with Crippen LogP contribution in [0.4, 0.5) is 5.13 Å². The highest BCUT2D eigenvalue weighted by Crippen LogP contribution is 2.24. The molecule has 0 saturated carbocycles. The topological polar surface area (TPSA) is 98.0 Å². The molecule has 0 unspecified atom stereocenters. The number of rotatable bonds is 5. The van der Waals surface area contributed by atoms with Crippen molar-refractivity contribution in [2.24, 2.45) is 5.73 Å². The summed E-state index contributed by atoms with van der Waals surface area (Å²) in [6, 6.07) is 3.45. The van der Waals surface area contributed by atoms with Crippen molar-refractivity contribution in [2.75, 3.05) is 4.72 Å². The maximum atomic E-state index is 12.5. The molecular weight excluding hydrogens is 308 g/mol. The van der Waals surface area contributed by atoms with Gasteiger partial charge in [0, 0.05) is 6.54 Å². The van der Waals surface area contributed by atoms with Crippen molar-refractivity contribution in [3.05, 3.63) is 33.8 Å². The van der Waals surface area contributed by atoms with Gasteiger partial charge in [0.15, 0.2) is 0 Å². The molecule has 0 aliphatic carbocycles. The second-order valence-electron chi connectivity index (χ2n) is 4.71. The van der Waals surface area contributed by atoms with Crippen LogP contribution in [0, 0.1) is 13.8 Å². The Hall–Kier alpha value is -1.51. The first-order valence-electron chi connectivity index (χ1n) is 6.52. The first-order valence-corrected chi connectivity index (χ1v) is 8.82. The molecule has 1 aromatic heterocycles. The highest BCUT2D eigenvalue weighted by molar-refractivity contribution is 7.93. The quantitative estimate of drug-likeness (QED) is 0.875. The summed E-state index contributed by atoms with van der Waals surface area (Å²) in [4.78, 5) is 0.224. The highest BCUT2D eigenvalue weighted by atomic mass is 32.2. The molecule has 0 spiro atoms. The largest absolute Gasteiger partial charge is 0.326 e. The lowest BCUT2D eigenvalue weighted by molar-refractivity contribution is 0.600. The standard InChI is InChI=1S/C13H18N4O2S2/c1-4-12-15-16-13(20-12)17-21(18,19)11-6-10(7-14)8(2)5-9(11)3/h5-6H,4,7,14H2,1-3H3,(H,16,17). The molecule has 8 heteroatoms. The summed E-state index contributed by atoms with van der Waals surface area (Å²) in [5.74, 6) is 0. The average Bonchev–Trinajstić information content (AvgIpc) is 2.85. The molecule has 0 saturated heterocycles. The summed E-state index contributed by atoms with van der Waals surface area (Å²) >= 11 is 1.24. The summed E-state index contributed by atoms with van der Waals surface area (Å²) in [6.45, 7) is 5.92. The van der Waals surface area contributed by atoms with Crippen LogP contribution in [0.5, 0.6) is 0 Å². The Labute approximate surface area is 128 Å². The van der Waals surface area contributed by atoms with Crippen LogP contribution in [-0.2, 0) is 23.0 Å². The fraction of sp³-hybridized carbons (Fsp3) is 0.385. The smallest absolute Gasteiger partial charge is 0.263 e. The van der Waals surface area contributed by atoms with Gasteiger partial charge in [-0.1, -0.05) is 24.3 Å². The van der Waals surface area contributed by atoms with Crippen molar-refractivity contribution >= 4 is 26.5 Å². The third-order valence-electron chi connectivity index (χ3n) is 3.13. The van der Waals surface area contributed by atoms with Crippen LogP contribution in [0.1, 0.15) is 28.6 Å². The minimum absolute atomic E-state index is 0.224. The fourth-order valence-corrected chi connectivity index (χ4v) is 4.18. The van der Waals surface area contributed by atoms with Crippen molar-refractivity contribution in [1.29, 1.82) is 0 Å². The molecule has 0 bridgehead atoms. The van der Waals surface area contributed by atoms with E-state index in [1.54, 1.807) is 13.0 Å². The average molecular weight is 326 g/mol. The number of nitrogens with two attached hydrogens (primary N) is 1. The molecule has 2 rings (SSSR count). The maximum absolute atomic E-state index is 12.5. The number of anilines is 1. The number of sulfonamides is 1. The Morgan fingerprint density at radius 3 is 2.52 bits per heavy atom. The van der Waals surface area contributed by atoms with E-state index >= 15 is 0 Å². The highest BCUT2D eigenvalue weighted by Gasteiger charge is 2.20. The monoisotopic (exact) mass is 326 g/mol. The van der Waals surface area contributed by atoms with E-state index in [1.807, 2.05) is 19.9 Å². The third kappa shape index (κ3) is 3.39. The van der Waals surface area contributed by atoms with E-state index in [1.165, 1.54) is 11.3 Å². The molecular formula is C13H18N4O2S2. The van der Waals surface area contributed by atoms with Crippen LogP contribution < -0.4 is 10.5 Å². The Bertz CT molecular complexity index is 754. The van der Waals surface area contributed by atoms with Crippen LogP contribution in [-0.4, -0.2) is 18.6 Å². The zero-order chi connectivity index (χ0) is 15.6. The predicted molar refractivity (Wildman–Crippen MR) is 83.9 cm³/mol. The van der Waals surface area contributed by atoms with Gasteiger partial charge in [-0.05, 0) is 43.0 Å². The zero-order valence-electron chi connectivity index (χ0n) is 12.2. The summed E-state index contributed by atoms with van der Waals surface area (Å²) in [5, 5.41) is 8.81. The van der Waals surface area contributed by atoms with Crippen molar-refractivity contribution in [3.8, 4) is 0 Å². The predicted octanol–water partition coefficient (Wildman–Crippen LogP) is 1.98. The number of hydrogen-bond donors (Lipinski definition) is 2. The molecule has 21 heavy (non-hydrogen) atoms. The first kappa shape index (κ1) is 15.9. The zero-order valence-corrected chi connectivity index (χ0v) is 13.8. The number of aryl methyl sites for hydroxylation is 3. The van der Waals surface area contributed by atoms with E-state index in [0.717, 1.165) is 22.6 Å². The lowest BCUT2D eigenvalue weighted by Gasteiger charge is -2.12. The summed E-state index contributed by atoms with van der Waals surface area (Å²) in [5.41, 5.74) is 8.13. The Morgan fingerprint density at radius 2 is 1.95 bits per heavy atom. The van der Waals surface area contributed by atoms with Crippen LogP contribution in [0.3, 0.4) is 0 Å². The summed E-state index contributed by atoms with van der Waals surface area (Å²) in [6.07, 6.45) is 0.722. The van der Waals surface area contributed by atoms with Gasteiger partial charge in [-0.25, -0.2) is 8.42 Å². The van der Waals surface area contributed by atoms with Crippen LogP contribution in [0.25, 0.3) is 0 Å². The number of hydrogen-bond acceptors (Lipinski definition) is 6. The van der Waals surface area contributed by atoms with Gasteiger partial charge in [0.2, 0.25) is 5.13 Å². The Balaban J connectivity index is 2.39. The molecule has 0 aliphatic heterocycles. The normalized spacial score (nSPS) is 11.6. The maximum Gasteiger partial charge on any atom is 0.263 e. The van der Waals surface area contributed by atoms with Gasteiger partial charge in [-0.2, -0.15) is 0 Å². The van der Waals surface area contributed by atoms with E-state index in [9.17, 15) is 8.42 Å². The number of aromatic nitrogens is 2. The van der Waals surface area contributed by atoms with E-state index < -0.39 is 10.0 Å². The summed E-state index contributed by atoms with van der Waals surface area (Å²) in [7, 11) is -3.69. The second-order valence-corrected chi connectivity index (χ2v) is 7.42. The van der Waals surface area contributed by atoms with Crippen molar-refractivity contribution in [3.63, 3.8) is 0 Å². The van der Waals surface area contributed by atoms with E-state index in [2.05, 4.69) is 14.9 Å². The van der Waals surface area contributed by atoms with Gasteiger partial charge in [0.05, 0.1) is 4.90 Å². The summed E-state index contributed by atoms with van der Waals surface area (Å²) < 4.78 is 27.5. The van der Waals surface area contributed by atoms with Crippen molar-refractivity contribution in [1.82, 2.24) is 10.2 Å². The van der Waals surface area contributed by atoms with Crippen LogP contribution >= 0.6 is 11.3 Å². The van der Waals surface area contributed by atoms with Gasteiger partial charge in [-0.15, -0.1) is 10.2 Å². The molecule has 0 atom stereocenters. The SMILES string of the molecule is CCc1nnc(NS(=O)(=O)c2cc(CN)c(C)cc2C)s1. The lowest BCUT2D eigenvalue weighted by Crippen LogP contribution is -2.15. The molecule has 0 radical (unpaired) electrons. The fourth-order valence-electron chi connectivity index (χ4n) is 1.99. The molecule has 3 N–H and O–H groups in total. The van der Waals surface area contributed by atoms with Crippen molar-refractivity contribution < 1.29 is 8.42 Å². The van der Waals surface area contributed by atoms with Crippen molar-refractivity contribution in [2.45, 2.75) is 38.6 Å². The molecule has 0 amide bonds. The van der Waals surface area contributed by atoms with Crippen LogP contribution in [0.15, 0.2) is 17.0 Å². The second kappa shape index (κ2) is 6.08. The lowest BCUT2D eigenvalue weighted by atomic mass is 10.1. The molecule has 6 nitrogen and oxygen atoms in total. The number of nitrogens with one attached hydrogen (secondary N) is 1. The molecule has 1 aromatic carbocycles. The Kier molecular flexibility index (Phi) is 4.60. The van der Waals surface area contributed by atoms with E-state index in [0.29, 0.717) is 12.1 Å². The Morgan fingerprint density at radius 1 is 1.24 bits per heavy atom. The van der Waals surface area contributed by atoms with E-state index in [4.69, 9.17) is 5.73 Å². The molecule has 1 heterocycles.